The van der Waals surface area contributed by atoms with E-state index in [-0.39, 0.29) is 0 Å². The van der Waals surface area contributed by atoms with Crippen molar-refractivity contribution in [1.82, 2.24) is 4.90 Å². The molecule has 2 fully saturated rings. The minimum atomic E-state index is -2.64. The third-order valence-electron chi connectivity index (χ3n) is 2.21. The van der Waals surface area contributed by atoms with E-state index in [1.54, 1.807) is 0 Å². The second-order valence-electron chi connectivity index (χ2n) is 3.09. The first-order valence-corrected chi connectivity index (χ1v) is 5.44. The van der Waals surface area contributed by atoms with E-state index in [0.717, 1.165) is 19.5 Å². The molecular formula is C6H11NO2S. The highest BCUT2D eigenvalue weighted by Gasteiger charge is 2.36. The lowest BCUT2D eigenvalue weighted by molar-refractivity contribution is 0.435. The summed E-state index contributed by atoms with van der Waals surface area (Å²) in [5.74, 6) is 0.821. The maximum atomic E-state index is 10.9. The van der Waals surface area contributed by atoms with Crippen LogP contribution in [0, 0.1) is 0 Å². The van der Waals surface area contributed by atoms with Gasteiger partial charge in [0.1, 0.15) is 0 Å². The van der Waals surface area contributed by atoms with Crippen LogP contribution >= 0.6 is 0 Å². The van der Waals surface area contributed by atoms with Crippen LogP contribution < -0.4 is 0 Å². The molecule has 58 valence electrons. The van der Waals surface area contributed by atoms with Crippen LogP contribution in [0.4, 0.5) is 0 Å². The predicted octanol–water partition coefficient (Wildman–Crippen LogP) is -0.511. The Kier molecular flexibility index (Phi) is 1.29. The van der Waals surface area contributed by atoms with Crippen LogP contribution in [0.1, 0.15) is 6.42 Å². The average Bonchev–Trinajstić information content (AvgIpc) is 2.59. The van der Waals surface area contributed by atoms with Crippen molar-refractivity contribution in [3.05, 3.63) is 0 Å². The molecular weight excluding hydrogens is 150 g/mol. The number of nitrogens with zero attached hydrogens (tertiary/aromatic N) is 1. The standard InChI is InChI=1S/C6H11NO2S/c8-10(9)4-1-6(5-10)7-2-3-7/h6H,1-5H2/t6-/m0/s1. The van der Waals surface area contributed by atoms with Gasteiger partial charge in [0.15, 0.2) is 9.84 Å². The Balaban J connectivity index is 2.05. The SMILES string of the molecule is O=S1(=O)CC[C@H](N2CC2)C1. The summed E-state index contributed by atoms with van der Waals surface area (Å²) in [5, 5.41) is 0. The molecule has 0 aliphatic carbocycles. The van der Waals surface area contributed by atoms with Crippen LogP contribution in [-0.4, -0.2) is 44.0 Å². The summed E-state index contributed by atoms with van der Waals surface area (Å²) >= 11 is 0. The Morgan fingerprint density at radius 2 is 2.00 bits per heavy atom. The Labute approximate surface area is 60.9 Å². The van der Waals surface area contributed by atoms with Crippen LogP contribution in [0.5, 0.6) is 0 Å². The van der Waals surface area contributed by atoms with Gasteiger partial charge in [0.2, 0.25) is 0 Å². The molecule has 3 nitrogen and oxygen atoms in total. The molecule has 0 bridgehead atoms. The highest BCUT2D eigenvalue weighted by atomic mass is 32.2. The van der Waals surface area contributed by atoms with Crippen molar-refractivity contribution in [1.29, 1.82) is 0 Å². The molecule has 1 atom stereocenters. The Bertz CT molecular complexity index is 230. The predicted molar refractivity (Wildman–Crippen MR) is 38.6 cm³/mol. The van der Waals surface area contributed by atoms with Gasteiger partial charge >= 0.3 is 0 Å². The van der Waals surface area contributed by atoms with E-state index in [9.17, 15) is 8.42 Å². The molecule has 0 radical (unpaired) electrons. The third kappa shape index (κ3) is 1.18. The summed E-state index contributed by atoms with van der Waals surface area (Å²) in [6.45, 7) is 2.22. The van der Waals surface area contributed by atoms with E-state index in [0.29, 0.717) is 17.5 Å². The van der Waals surface area contributed by atoms with Gasteiger partial charge < -0.3 is 0 Å². The van der Waals surface area contributed by atoms with Gasteiger partial charge in [0.05, 0.1) is 11.5 Å². The van der Waals surface area contributed by atoms with Crippen molar-refractivity contribution in [2.45, 2.75) is 12.5 Å². The molecule has 0 spiro atoms. The normalized spacial score (nSPS) is 38.2. The van der Waals surface area contributed by atoms with Crippen molar-refractivity contribution >= 4 is 9.84 Å². The monoisotopic (exact) mass is 161 g/mol. The largest absolute Gasteiger partial charge is 0.297 e. The highest BCUT2D eigenvalue weighted by Crippen LogP contribution is 2.22. The zero-order valence-electron chi connectivity index (χ0n) is 5.78. The fourth-order valence-corrected chi connectivity index (χ4v) is 3.25. The van der Waals surface area contributed by atoms with Crippen LogP contribution in [-0.2, 0) is 9.84 Å². The van der Waals surface area contributed by atoms with E-state index in [1.165, 1.54) is 0 Å². The first-order chi connectivity index (χ1) is 4.67. The average molecular weight is 161 g/mol. The fraction of sp³-hybridized carbons (Fsp3) is 1.00. The van der Waals surface area contributed by atoms with Crippen molar-refractivity contribution < 1.29 is 8.42 Å². The molecule has 0 aromatic carbocycles. The zero-order chi connectivity index (χ0) is 7.19. The highest BCUT2D eigenvalue weighted by molar-refractivity contribution is 7.91. The summed E-state index contributed by atoms with van der Waals surface area (Å²) < 4.78 is 21.9. The molecule has 0 aromatic rings. The van der Waals surface area contributed by atoms with Gasteiger partial charge in [-0.2, -0.15) is 0 Å². The lowest BCUT2D eigenvalue weighted by Crippen LogP contribution is -2.19. The first-order valence-electron chi connectivity index (χ1n) is 3.62. The van der Waals surface area contributed by atoms with Crippen molar-refractivity contribution in [3.8, 4) is 0 Å². The minimum absolute atomic E-state index is 0.366. The molecule has 2 heterocycles. The summed E-state index contributed by atoms with van der Waals surface area (Å²) in [5.41, 5.74) is 0. The van der Waals surface area contributed by atoms with Crippen LogP contribution in [0.25, 0.3) is 0 Å². The van der Waals surface area contributed by atoms with Gasteiger partial charge in [-0.05, 0) is 6.42 Å². The third-order valence-corrected chi connectivity index (χ3v) is 3.96. The molecule has 2 aliphatic heterocycles. The van der Waals surface area contributed by atoms with Crippen LogP contribution in [0.2, 0.25) is 0 Å². The summed E-state index contributed by atoms with van der Waals surface area (Å²) in [7, 11) is -2.64. The van der Waals surface area contributed by atoms with E-state index in [4.69, 9.17) is 0 Å². The van der Waals surface area contributed by atoms with E-state index < -0.39 is 9.84 Å². The second-order valence-corrected chi connectivity index (χ2v) is 5.32. The fourth-order valence-electron chi connectivity index (χ4n) is 1.49. The maximum absolute atomic E-state index is 10.9. The Morgan fingerprint density at radius 1 is 1.30 bits per heavy atom. The quantitative estimate of drug-likeness (QED) is 0.486. The number of hydrogen-bond acceptors (Lipinski definition) is 3. The molecule has 0 N–H and O–H groups in total. The van der Waals surface area contributed by atoms with Crippen molar-refractivity contribution in [3.63, 3.8) is 0 Å². The summed E-state index contributed by atoms with van der Waals surface area (Å²) in [6, 6.07) is 0.366. The van der Waals surface area contributed by atoms with Gasteiger partial charge in [0.25, 0.3) is 0 Å². The zero-order valence-corrected chi connectivity index (χ0v) is 6.60. The van der Waals surface area contributed by atoms with Crippen LogP contribution in [0.3, 0.4) is 0 Å². The number of rotatable bonds is 1. The molecule has 4 heteroatoms. The topological polar surface area (TPSA) is 37.1 Å². The molecule has 0 amide bonds. The molecule has 0 saturated carbocycles. The van der Waals surface area contributed by atoms with E-state index in [2.05, 4.69) is 4.90 Å². The Hall–Kier alpha value is -0.0900. The van der Waals surface area contributed by atoms with Crippen molar-refractivity contribution in [2.24, 2.45) is 0 Å². The molecule has 2 saturated heterocycles. The number of hydrogen-bond donors (Lipinski definition) is 0. The van der Waals surface area contributed by atoms with E-state index >= 15 is 0 Å². The molecule has 2 aliphatic rings. The molecule has 10 heavy (non-hydrogen) atoms. The molecule has 0 unspecified atom stereocenters. The first kappa shape index (κ1) is 6.61. The Morgan fingerprint density at radius 3 is 2.40 bits per heavy atom. The lowest BCUT2D eigenvalue weighted by atomic mass is 10.3. The van der Waals surface area contributed by atoms with Gasteiger partial charge in [-0.25, -0.2) is 8.42 Å². The lowest BCUT2D eigenvalue weighted by Gasteiger charge is -2.05. The molecule has 2 rings (SSSR count). The van der Waals surface area contributed by atoms with Gasteiger partial charge in [-0.1, -0.05) is 0 Å². The molecule has 0 aromatic heterocycles. The summed E-state index contributed by atoms with van der Waals surface area (Å²) in [4.78, 5) is 2.23. The maximum Gasteiger partial charge on any atom is 0.151 e. The minimum Gasteiger partial charge on any atom is -0.297 e. The smallest absolute Gasteiger partial charge is 0.151 e. The van der Waals surface area contributed by atoms with Gasteiger partial charge in [-0.15, -0.1) is 0 Å². The van der Waals surface area contributed by atoms with Gasteiger partial charge in [-0.3, -0.25) is 4.90 Å². The second kappa shape index (κ2) is 1.95. The summed E-state index contributed by atoms with van der Waals surface area (Å²) in [6.07, 6.45) is 0.863. The number of sulfone groups is 1. The van der Waals surface area contributed by atoms with Gasteiger partial charge in [0, 0.05) is 19.1 Å². The van der Waals surface area contributed by atoms with Crippen molar-refractivity contribution in [2.75, 3.05) is 24.6 Å². The van der Waals surface area contributed by atoms with E-state index in [1.807, 2.05) is 0 Å². The van der Waals surface area contributed by atoms with Crippen LogP contribution in [0.15, 0.2) is 0 Å².